The van der Waals surface area contributed by atoms with Gasteiger partial charge in [0.05, 0.1) is 6.61 Å². The number of aliphatic hydroxyl groups is 1. The summed E-state index contributed by atoms with van der Waals surface area (Å²) in [6.45, 7) is 0.971. The second-order valence-corrected chi connectivity index (χ2v) is 2.14. The summed E-state index contributed by atoms with van der Waals surface area (Å²) in [5.74, 6) is -0.720. The average Bonchev–Trinajstić information content (AvgIpc) is 2.09. The third-order valence-electron chi connectivity index (χ3n) is 1.23. The summed E-state index contributed by atoms with van der Waals surface area (Å²) in [5.41, 5.74) is 3.61. The molecule has 58 valence electrons. The highest BCUT2D eigenvalue weighted by molar-refractivity contribution is 5.80. The van der Waals surface area contributed by atoms with Crippen LogP contribution in [-0.2, 0) is 14.3 Å². The lowest BCUT2D eigenvalue weighted by molar-refractivity contribution is -0.146. The van der Waals surface area contributed by atoms with Gasteiger partial charge in [-0.3, -0.25) is 5.73 Å². The van der Waals surface area contributed by atoms with Gasteiger partial charge < -0.3 is 14.6 Å². The van der Waals surface area contributed by atoms with E-state index in [2.05, 4.69) is 4.74 Å². The van der Waals surface area contributed by atoms with Crippen LogP contribution < -0.4 is 5.73 Å². The average molecular weight is 147 g/mol. The number of carbonyl (C=O) groups excluding carboxylic acids is 1. The fourth-order valence-corrected chi connectivity index (χ4v) is 0.721. The Morgan fingerprint density at radius 2 is 2.50 bits per heavy atom. The van der Waals surface area contributed by atoms with Crippen molar-refractivity contribution in [3.8, 4) is 0 Å². The fourth-order valence-electron chi connectivity index (χ4n) is 0.721. The summed E-state index contributed by atoms with van der Waals surface area (Å²) < 4.78 is 9.29. The number of carbonyl (C=O) groups is 1. The molecule has 3 N–H and O–H groups in total. The number of aliphatic hydroxyl groups excluding tert-OH is 1. The van der Waals surface area contributed by atoms with Crippen LogP contribution in [0.2, 0.25) is 0 Å². The molecule has 0 bridgehead atoms. The molecule has 0 aromatic heterocycles. The van der Waals surface area contributed by atoms with Crippen molar-refractivity contribution in [3.63, 3.8) is 0 Å². The molecule has 2 atom stereocenters. The molecule has 0 amide bonds. The van der Waals surface area contributed by atoms with Gasteiger partial charge in [0.2, 0.25) is 12.0 Å². The SMILES string of the molecule is CC1OC(=O)C(N)(CO)O1. The van der Waals surface area contributed by atoms with Crippen molar-refractivity contribution in [1.82, 2.24) is 0 Å². The van der Waals surface area contributed by atoms with Crippen molar-refractivity contribution in [2.24, 2.45) is 5.73 Å². The lowest BCUT2D eigenvalue weighted by Crippen LogP contribution is -2.49. The Bertz CT molecular complexity index is 160. The van der Waals surface area contributed by atoms with Crippen molar-refractivity contribution in [2.75, 3.05) is 6.61 Å². The Labute approximate surface area is 57.7 Å². The first-order valence-corrected chi connectivity index (χ1v) is 2.87. The quantitative estimate of drug-likeness (QED) is 0.443. The van der Waals surface area contributed by atoms with E-state index < -0.39 is 24.6 Å². The maximum Gasteiger partial charge on any atom is 0.358 e. The molecule has 1 aliphatic rings. The number of nitrogens with two attached hydrogens (primary N) is 1. The van der Waals surface area contributed by atoms with Gasteiger partial charge in [0.1, 0.15) is 0 Å². The zero-order valence-corrected chi connectivity index (χ0v) is 5.53. The summed E-state index contributed by atoms with van der Waals surface area (Å²) in [6, 6.07) is 0. The standard InChI is InChI=1S/C5H9NO4/c1-3-9-4(8)5(6,2-7)10-3/h3,7H,2,6H2,1H3. The molecule has 0 aromatic rings. The van der Waals surface area contributed by atoms with E-state index in [-0.39, 0.29) is 0 Å². The van der Waals surface area contributed by atoms with Gasteiger partial charge in [-0.05, 0) is 6.92 Å². The maximum absolute atomic E-state index is 10.7. The van der Waals surface area contributed by atoms with Crippen molar-refractivity contribution < 1.29 is 19.4 Å². The number of hydrogen-bond acceptors (Lipinski definition) is 5. The molecular weight excluding hydrogens is 138 g/mol. The zero-order chi connectivity index (χ0) is 7.78. The van der Waals surface area contributed by atoms with Crippen LogP contribution >= 0.6 is 0 Å². The molecule has 1 heterocycles. The van der Waals surface area contributed by atoms with Crippen LogP contribution in [0.15, 0.2) is 0 Å². The van der Waals surface area contributed by atoms with Crippen molar-refractivity contribution in [1.29, 1.82) is 0 Å². The van der Waals surface area contributed by atoms with E-state index in [4.69, 9.17) is 15.6 Å². The first kappa shape index (κ1) is 7.46. The van der Waals surface area contributed by atoms with Gasteiger partial charge in [0, 0.05) is 0 Å². The summed E-state index contributed by atoms with van der Waals surface area (Å²) in [6.07, 6.45) is -0.662. The number of cyclic esters (lactones) is 1. The van der Waals surface area contributed by atoms with E-state index >= 15 is 0 Å². The van der Waals surface area contributed by atoms with Crippen LogP contribution in [0.4, 0.5) is 0 Å². The van der Waals surface area contributed by atoms with E-state index in [0.717, 1.165) is 0 Å². The van der Waals surface area contributed by atoms with E-state index in [1.807, 2.05) is 0 Å². The molecule has 0 spiro atoms. The Kier molecular flexibility index (Phi) is 1.63. The summed E-state index contributed by atoms with van der Waals surface area (Å²) in [5, 5.41) is 8.56. The lowest BCUT2D eigenvalue weighted by Gasteiger charge is -2.13. The van der Waals surface area contributed by atoms with E-state index in [0.29, 0.717) is 0 Å². The zero-order valence-electron chi connectivity index (χ0n) is 5.53. The molecule has 2 unspecified atom stereocenters. The largest absolute Gasteiger partial charge is 0.433 e. The maximum atomic E-state index is 10.7. The molecular formula is C5H9NO4. The number of hydrogen-bond donors (Lipinski definition) is 2. The van der Waals surface area contributed by atoms with Crippen LogP contribution in [-0.4, -0.2) is 29.7 Å². The monoisotopic (exact) mass is 147 g/mol. The molecule has 5 heteroatoms. The predicted octanol–water partition coefficient (Wildman–Crippen LogP) is -1.45. The number of ether oxygens (including phenoxy) is 2. The third kappa shape index (κ3) is 0.985. The summed E-state index contributed by atoms with van der Waals surface area (Å²) in [4.78, 5) is 10.7. The van der Waals surface area contributed by atoms with Crippen molar-refractivity contribution in [2.45, 2.75) is 18.9 Å². The number of esters is 1. The van der Waals surface area contributed by atoms with E-state index in [1.165, 1.54) is 6.92 Å². The molecule has 1 fully saturated rings. The van der Waals surface area contributed by atoms with Crippen molar-refractivity contribution >= 4 is 5.97 Å². The van der Waals surface area contributed by atoms with Crippen molar-refractivity contribution in [3.05, 3.63) is 0 Å². The molecule has 5 nitrogen and oxygen atoms in total. The van der Waals surface area contributed by atoms with Gasteiger partial charge in [-0.2, -0.15) is 0 Å². The van der Waals surface area contributed by atoms with Gasteiger partial charge in [0.15, 0.2) is 0 Å². The summed E-state index contributed by atoms with van der Waals surface area (Å²) in [7, 11) is 0. The minimum absolute atomic E-state index is 0.559. The van der Waals surface area contributed by atoms with Gasteiger partial charge in [-0.25, -0.2) is 4.79 Å². The van der Waals surface area contributed by atoms with Gasteiger partial charge in [0.25, 0.3) is 0 Å². The first-order chi connectivity index (χ1) is 4.58. The normalized spacial score (nSPS) is 39.9. The topological polar surface area (TPSA) is 81.8 Å². The number of rotatable bonds is 1. The lowest BCUT2D eigenvalue weighted by atomic mass is 10.3. The Morgan fingerprint density at radius 1 is 1.90 bits per heavy atom. The minimum atomic E-state index is -1.64. The molecule has 1 rings (SSSR count). The van der Waals surface area contributed by atoms with Crippen LogP contribution in [0.1, 0.15) is 6.92 Å². The van der Waals surface area contributed by atoms with Crippen LogP contribution in [0, 0.1) is 0 Å². The first-order valence-electron chi connectivity index (χ1n) is 2.87. The van der Waals surface area contributed by atoms with Gasteiger partial charge in [-0.1, -0.05) is 0 Å². The van der Waals surface area contributed by atoms with E-state index in [9.17, 15) is 4.79 Å². The highest BCUT2D eigenvalue weighted by Gasteiger charge is 2.45. The van der Waals surface area contributed by atoms with E-state index in [1.54, 1.807) is 0 Å². The van der Waals surface area contributed by atoms with Crippen LogP contribution in [0.25, 0.3) is 0 Å². The summed E-state index contributed by atoms with van der Waals surface area (Å²) >= 11 is 0. The Hall–Kier alpha value is -0.650. The molecule has 1 aliphatic heterocycles. The third-order valence-corrected chi connectivity index (χ3v) is 1.23. The predicted molar refractivity (Wildman–Crippen MR) is 30.6 cm³/mol. The smallest absolute Gasteiger partial charge is 0.358 e. The van der Waals surface area contributed by atoms with Gasteiger partial charge in [-0.15, -0.1) is 0 Å². The molecule has 0 aromatic carbocycles. The molecule has 1 saturated heterocycles. The minimum Gasteiger partial charge on any atom is -0.433 e. The van der Waals surface area contributed by atoms with Crippen LogP contribution in [0.5, 0.6) is 0 Å². The van der Waals surface area contributed by atoms with Crippen LogP contribution in [0.3, 0.4) is 0 Å². The highest BCUT2D eigenvalue weighted by atomic mass is 16.8. The second-order valence-electron chi connectivity index (χ2n) is 2.14. The Balaban J connectivity index is 2.70. The fraction of sp³-hybridized carbons (Fsp3) is 0.800. The molecule has 10 heavy (non-hydrogen) atoms. The molecule has 0 radical (unpaired) electrons. The van der Waals surface area contributed by atoms with Gasteiger partial charge >= 0.3 is 5.97 Å². The highest BCUT2D eigenvalue weighted by Crippen LogP contribution is 2.18. The second kappa shape index (κ2) is 2.19. The molecule has 0 saturated carbocycles. The molecule has 0 aliphatic carbocycles. The Morgan fingerprint density at radius 3 is 2.70 bits per heavy atom.